The van der Waals surface area contributed by atoms with E-state index in [1.165, 1.54) is 4.98 Å². The van der Waals surface area contributed by atoms with Gasteiger partial charge in [0.1, 0.15) is 5.56 Å². The number of nitrogens with one attached hydrogen (secondary N) is 1. The minimum absolute atomic E-state index is 0.226. The molecule has 0 amide bonds. The number of nitrogens with zero attached hydrogens (tertiary/aromatic N) is 1. The third kappa shape index (κ3) is 1.73. The molecule has 0 saturated heterocycles. The van der Waals surface area contributed by atoms with E-state index in [1.807, 2.05) is 0 Å². The predicted molar refractivity (Wildman–Crippen MR) is 38.6 cm³/mol. The van der Waals surface area contributed by atoms with Gasteiger partial charge in [-0.15, -0.1) is 0 Å². The Morgan fingerprint density at radius 2 is 2.07 bits per heavy atom. The van der Waals surface area contributed by atoms with E-state index in [0.717, 1.165) is 0 Å². The van der Waals surface area contributed by atoms with Gasteiger partial charge < -0.3 is 0 Å². The lowest BCUT2D eigenvalue weighted by Gasteiger charge is -1.99. The van der Waals surface area contributed by atoms with Gasteiger partial charge in [0, 0.05) is 6.07 Å². The van der Waals surface area contributed by atoms with Gasteiger partial charge in [0.2, 0.25) is 0 Å². The monoisotopic (exact) mass is 208 g/mol. The van der Waals surface area contributed by atoms with Crippen LogP contribution in [0.15, 0.2) is 10.9 Å². The second kappa shape index (κ2) is 3.48. The van der Waals surface area contributed by atoms with Crippen molar-refractivity contribution in [3.05, 3.63) is 38.0 Å². The van der Waals surface area contributed by atoms with Gasteiger partial charge in [-0.3, -0.25) is 19.9 Å². The van der Waals surface area contributed by atoms with Crippen molar-refractivity contribution in [3.63, 3.8) is 0 Å². The number of hydrogen-bond acceptors (Lipinski definition) is 3. The Bertz CT molecular complexity index is 429. The number of alkyl halides is 2. The first-order valence-corrected chi connectivity index (χ1v) is 3.28. The first-order chi connectivity index (χ1) is 6.43. The van der Waals surface area contributed by atoms with Crippen molar-refractivity contribution < 1.29 is 18.1 Å². The molecule has 1 heterocycles. The molecule has 0 aliphatic carbocycles. The molecule has 5 nitrogen and oxygen atoms in total. The van der Waals surface area contributed by atoms with Gasteiger partial charge >= 0.3 is 11.2 Å². The average Bonchev–Trinajstić information content (AvgIpc) is 2.01. The van der Waals surface area contributed by atoms with E-state index in [0.29, 0.717) is 0 Å². The molecule has 14 heavy (non-hydrogen) atoms. The van der Waals surface area contributed by atoms with Crippen LogP contribution in [-0.2, 0) is 0 Å². The first-order valence-electron chi connectivity index (χ1n) is 3.28. The fraction of sp³-hybridized carbons (Fsp3) is 0.167. The molecule has 0 aliphatic heterocycles. The minimum Gasteiger partial charge on any atom is -0.293 e. The molecule has 0 spiro atoms. The lowest BCUT2D eigenvalue weighted by molar-refractivity contribution is -0.387. The maximum Gasteiger partial charge on any atom is 0.342 e. The molecular weight excluding hydrogens is 205 g/mol. The summed E-state index contributed by atoms with van der Waals surface area (Å²) < 4.78 is 36.7. The Balaban J connectivity index is 3.53. The van der Waals surface area contributed by atoms with Crippen LogP contribution in [0.3, 0.4) is 0 Å². The van der Waals surface area contributed by atoms with Crippen LogP contribution in [0.4, 0.5) is 18.9 Å². The molecule has 0 radical (unpaired) electrons. The summed E-state index contributed by atoms with van der Waals surface area (Å²) in [6.07, 6.45) is -3.27. The molecule has 0 atom stereocenters. The molecule has 0 aliphatic rings. The van der Waals surface area contributed by atoms with Gasteiger partial charge in [0.05, 0.1) is 4.92 Å². The summed E-state index contributed by atoms with van der Waals surface area (Å²) in [5.74, 6) is -1.34. The second-order valence-electron chi connectivity index (χ2n) is 2.31. The van der Waals surface area contributed by atoms with Crippen molar-refractivity contribution >= 4 is 5.69 Å². The van der Waals surface area contributed by atoms with Crippen molar-refractivity contribution in [3.8, 4) is 0 Å². The van der Waals surface area contributed by atoms with Crippen molar-refractivity contribution in [1.29, 1.82) is 0 Å². The molecule has 0 saturated carbocycles. The van der Waals surface area contributed by atoms with E-state index in [1.54, 1.807) is 0 Å². The quantitative estimate of drug-likeness (QED) is 0.452. The van der Waals surface area contributed by atoms with E-state index in [2.05, 4.69) is 0 Å². The van der Waals surface area contributed by atoms with Crippen LogP contribution < -0.4 is 5.56 Å². The number of aromatic amines is 1. The number of H-pyrrole nitrogens is 1. The highest BCUT2D eigenvalue weighted by Gasteiger charge is 2.26. The normalized spacial score (nSPS) is 10.6. The Morgan fingerprint density at radius 3 is 2.50 bits per heavy atom. The minimum atomic E-state index is -3.27. The number of halogens is 3. The third-order valence-corrected chi connectivity index (χ3v) is 1.42. The van der Waals surface area contributed by atoms with Crippen LogP contribution >= 0.6 is 0 Å². The molecule has 1 rings (SSSR count). The number of pyridine rings is 1. The Labute approximate surface area is 74.3 Å². The SMILES string of the molecule is O=c1[nH]c(F)cc(C(F)F)c1[N+](=O)[O-]. The molecule has 0 bridgehead atoms. The lowest BCUT2D eigenvalue weighted by Crippen LogP contribution is -2.16. The molecule has 1 aromatic rings. The highest BCUT2D eigenvalue weighted by Crippen LogP contribution is 2.25. The van der Waals surface area contributed by atoms with Crippen LogP contribution in [0.1, 0.15) is 12.0 Å². The second-order valence-corrected chi connectivity index (χ2v) is 2.31. The number of hydrogen-bond donors (Lipinski definition) is 1. The topological polar surface area (TPSA) is 76.0 Å². The summed E-state index contributed by atoms with van der Waals surface area (Å²) in [5, 5.41) is 10.2. The van der Waals surface area contributed by atoms with Crippen LogP contribution in [-0.4, -0.2) is 9.91 Å². The van der Waals surface area contributed by atoms with Crippen molar-refractivity contribution in [2.24, 2.45) is 0 Å². The summed E-state index contributed by atoms with van der Waals surface area (Å²) in [7, 11) is 0. The Morgan fingerprint density at radius 1 is 1.50 bits per heavy atom. The zero-order valence-corrected chi connectivity index (χ0v) is 6.46. The van der Waals surface area contributed by atoms with E-state index < -0.39 is 34.1 Å². The third-order valence-electron chi connectivity index (χ3n) is 1.42. The predicted octanol–water partition coefficient (Wildman–Crippen LogP) is 1.36. The fourth-order valence-electron chi connectivity index (χ4n) is 0.894. The van der Waals surface area contributed by atoms with Crippen LogP contribution in [0, 0.1) is 16.1 Å². The highest BCUT2D eigenvalue weighted by atomic mass is 19.3. The van der Waals surface area contributed by atoms with E-state index in [9.17, 15) is 28.1 Å². The molecule has 1 N–H and O–H groups in total. The van der Waals surface area contributed by atoms with Gasteiger partial charge in [-0.25, -0.2) is 8.78 Å². The lowest BCUT2D eigenvalue weighted by atomic mass is 10.2. The van der Waals surface area contributed by atoms with Gasteiger partial charge in [-0.1, -0.05) is 0 Å². The van der Waals surface area contributed by atoms with Crippen molar-refractivity contribution in [2.45, 2.75) is 6.43 Å². The number of aromatic nitrogens is 1. The van der Waals surface area contributed by atoms with Crippen LogP contribution in [0.2, 0.25) is 0 Å². The van der Waals surface area contributed by atoms with Crippen molar-refractivity contribution in [2.75, 3.05) is 0 Å². The van der Waals surface area contributed by atoms with Crippen LogP contribution in [0.25, 0.3) is 0 Å². The van der Waals surface area contributed by atoms with Gasteiger partial charge in [-0.05, 0) is 0 Å². The standard InChI is InChI=1S/C6H3F3N2O3/c7-3-1-2(5(8)9)4(11(13)14)6(12)10-3/h1,5H,(H,10,12). The van der Waals surface area contributed by atoms with Gasteiger partial charge in [0.25, 0.3) is 6.43 Å². The largest absolute Gasteiger partial charge is 0.342 e. The molecule has 0 aromatic carbocycles. The molecule has 1 aromatic heterocycles. The first kappa shape index (κ1) is 10.2. The molecule has 8 heteroatoms. The van der Waals surface area contributed by atoms with Gasteiger partial charge in [-0.2, -0.15) is 4.39 Å². The van der Waals surface area contributed by atoms with Crippen molar-refractivity contribution in [1.82, 2.24) is 4.98 Å². The van der Waals surface area contributed by atoms with Gasteiger partial charge in [0.15, 0.2) is 5.95 Å². The summed E-state index contributed by atoms with van der Waals surface area (Å²) in [6, 6.07) is 0.226. The van der Waals surface area contributed by atoms with E-state index >= 15 is 0 Å². The Kier molecular flexibility index (Phi) is 2.54. The zero-order valence-electron chi connectivity index (χ0n) is 6.46. The Hall–Kier alpha value is -1.86. The molecule has 0 unspecified atom stereocenters. The fourth-order valence-corrected chi connectivity index (χ4v) is 0.894. The number of nitro groups is 1. The summed E-state index contributed by atoms with van der Waals surface area (Å²) in [6.45, 7) is 0. The maximum atomic E-state index is 12.4. The van der Waals surface area contributed by atoms with E-state index in [-0.39, 0.29) is 6.07 Å². The maximum absolute atomic E-state index is 12.4. The average molecular weight is 208 g/mol. The highest BCUT2D eigenvalue weighted by molar-refractivity contribution is 5.37. The summed E-state index contributed by atoms with van der Waals surface area (Å²) in [5.41, 5.74) is -4.04. The molecular formula is C6H3F3N2O3. The van der Waals surface area contributed by atoms with E-state index in [4.69, 9.17) is 0 Å². The summed E-state index contributed by atoms with van der Waals surface area (Å²) >= 11 is 0. The number of rotatable bonds is 2. The molecule has 0 fully saturated rings. The summed E-state index contributed by atoms with van der Waals surface area (Å²) in [4.78, 5) is 21.1. The molecule has 76 valence electrons. The van der Waals surface area contributed by atoms with Crippen LogP contribution in [0.5, 0.6) is 0 Å². The zero-order chi connectivity index (χ0) is 10.9. The smallest absolute Gasteiger partial charge is 0.293 e.